The van der Waals surface area contributed by atoms with Crippen LogP contribution in [0.2, 0.25) is 0 Å². The van der Waals surface area contributed by atoms with Crippen molar-refractivity contribution in [3.8, 4) is 0 Å². The molecule has 0 spiro atoms. The van der Waals surface area contributed by atoms with Gasteiger partial charge < -0.3 is 10.4 Å². The Balaban J connectivity index is 0.000000569. The Kier molecular flexibility index (Phi) is 4.73. The Morgan fingerprint density at radius 2 is 2.24 bits per heavy atom. The number of carbonyl (C=O) groups is 2. The van der Waals surface area contributed by atoms with Gasteiger partial charge in [0.05, 0.1) is 23.5 Å². The van der Waals surface area contributed by atoms with E-state index in [1.807, 2.05) is 19.3 Å². The van der Waals surface area contributed by atoms with Crippen molar-refractivity contribution in [2.75, 3.05) is 0 Å². The van der Waals surface area contributed by atoms with Crippen molar-refractivity contribution in [2.24, 2.45) is 7.05 Å². The second-order valence-corrected chi connectivity index (χ2v) is 5.79. The summed E-state index contributed by atoms with van der Waals surface area (Å²) in [4.78, 5) is 25.1. The number of hydrogen-bond acceptors (Lipinski definition) is 5. The minimum atomic E-state index is -0.250. The number of carboxylic acid groups (broad SMARTS) is 1. The van der Waals surface area contributed by atoms with E-state index in [1.165, 1.54) is 11.3 Å². The number of H-pyrrole nitrogens is 1. The average Bonchev–Trinajstić information content (AvgIpc) is 3.22. The molecule has 9 nitrogen and oxygen atoms in total. The molecule has 1 atom stereocenters. The highest BCUT2D eigenvalue weighted by Crippen LogP contribution is 2.19. The van der Waals surface area contributed by atoms with E-state index in [-0.39, 0.29) is 18.4 Å². The lowest BCUT2D eigenvalue weighted by Gasteiger charge is -2.22. The molecule has 1 unspecified atom stereocenters. The van der Waals surface area contributed by atoms with Crippen LogP contribution in [0, 0.1) is 0 Å². The first-order valence-electron chi connectivity index (χ1n) is 7.80. The Hall–Kier alpha value is -3.23. The lowest BCUT2D eigenvalue weighted by atomic mass is 9.93. The summed E-state index contributed by atoms with van der Waals surface area (Å²) in [6.07, 6.45) is 7.79. The highest BCUT2D eigenvalue weighted by molar-refractivity contribution is 5.96. The molecule has 0 saturated heterocycles. The zero-order valence-electron chi connectivity index (χ0n) is 13.6. The molecule has 0 fully saturated rings. The van der Waals surface area contributed by atoms with Crippen LogP contribution in [-0.2, 0) is 24.7 Å². The highest BCUT2D eigenvalue weighted by atomic mass is 16.3. The van der Waals surface area contributed by atoms with Crippen LogP contribution in [0.15, 0.2) is 24.7 Å². The Morgan fingerprint density at radius 3 is 3.04 bits per heavy atom. The van der Waals surface area contributed by atoms with Gasteiger partial charge in [-0.25, -0.2) is 0 Å². The number of nitrogens with zero attached hydrogens (tertiary/aromatic N) is 4. The molecule has 0 bridgehead atoms. The summed E-state index contributed by atoms with van der Waals surface area (Å²) < 4.78 is 1.72. The molecule has 0 aliphatic heterocycles. The van der Waals surface area contributed by atoms with Crippen LogP contribution in [0.5, 0.6) is 0 Å². The third-order valence-corrected chi connectivity index (χ3v) is 4.21. The second-order valence-electron chi connectivity index (χ2n) is 5.79. The molecular formula is C16H18N6O3. The molecule has 0 aromatic carbocycles. The molecule has 4 rings (SSSR count). The molecule has 0 radical (unpaired) electrons. The Bertz CT molecular complexity index is 900. The van der Waals surface area contributed by atoms with Crippen molar-refractivity contribution in [1.29, 1.82) is 0 Å². The highest BCUT2D eigenvalue weighted by Gasteiger charge is 2.22. The largest absolute Gasteiger partial charge is 0.483 e. The van der Waals surface area contributed by atoms with Crippen molar-refractivity contribution in [2.45, 2.75) is 25.3 Å². The van der Waals surface area contributed by atoms with Crippen molar-refractivity contribution < 1.29 is 14.7 Å². The van der Waals surface area contributed by atoms with E-state index in [0.717, 1.165) is 30.3 Å². The van der Waals surface area contributed by atoms with E-state index in [0.29, 0.717) is 5.56 Å². The van der Waals surface area contributed by atoms with Gasteiger partial charge in [-0.2, -0.15) is 10.2 Å². The standard InChI is InChI=1S/C15H16N6O.CH2O2/c1-21-14-5-10(6-16-13(14)8-18-21)15(22)19-11-2-3-12-9(4-11)7-17-20-12;2-1-3/h5-8,11H,2-4H2,1H3,(H,17,20)(H,19,22);1H,(H,2,3). The van der Waals surface area contributed by atoms with Crippen LogP contribution in [0.4, 0.5) is 0 Å². The number of fused-ring (bicyclic) bond motifs is 2. The zero-order chi connectivity index (χ0) is 17.8. The van der Waals surface area contributed by atoms with E-state index in [2.05, 4.69) is 25.6 Å². The quantitative estimate of drug-likeness (QED) is 0.588. The molecule has 1 amide bonds. The van der Waals surface area contributed by atoms with Gasteiger partial charge in [-0.1, -0.05) is 0 Å². The molecular weight excluding hydrogens is 324 g/mol. The molecule has 3 aromatic rings. The first kappa shape index (κ1) is 16.6. The van der Waals surface area contributed by atoms with Gasteiger partial charge in [0, 0.05) is 25.0 Å². The molecule has 1 aliphatic rings. The van der Waals surface area contributed by atoms with Gasteiger partial charge >= 0.3 is 0 Å². The summed E-state index contributed by atoms with van der Waals surface area (Å²) in [5.74, 6) is -0.0902. The van der Waals surface area contributed by atoms with Crippen LogP contribution >= 0.6 is 0 Å². The number of hydrogen-bond donors (Lipinski definition) is 3. The smallest absolute Gasteiger partial charge is 0.290 e. The maximum atomic E-state index is 12.4. The molecule has 3 heterocycles. The number of aromatic nitrogens is 5. The van der Waals surface area contributed by atoms with Gasteiger partial charge in [-0.05, 0) is 30.9 Å². The lowest BCUT2D eigenvalue weighted by Crippen LogP contribution is -2.38. The topological polar surface area (TPSA) is 126 Å². The van der Waals surface area contributed by atoms with Crippen LogP contribution in [-0.4, -0.2) is 48.5 Å². The van der Waals surface area contributed by atoms with E-state index in [1.54, 1.807) is 17.1 Å². The summed E-state index contributed by atoms with van der Waals surface area (Å²) in [6.45, 7) is -0.250. The predicted molar refractivity (Wildman–Crippen MR) is 89.1 cm³/mol. The molecule has 3 N–H and O–H groups in total. The minimum Gasteiger partial charge on any atom is -0.483 e. The van der Waals surface area contributed by atoms with Crippen LogP contribution in [0.1, 0.15) is 28.0 Å². The van der Waals surface area contributed by atoms with E-state index in [4.69, 9.17) is 9.90 Å². The van der Waals surface area contributed by atoms with E-state index >= 15 is 0 Å². The van der Waals surface area contributed by atoms with Crippen molar-refractivity contribution in [1.82, 2.24) is 30.3 Å². The fraction of sp³-hybridized carbons (Fsp3) is 0.312. The number of pyridine rings is 1. The summed E-state index contributed by atoms with van der Waals surface area (Å²) in [5, 5.41) is 21.2. The Morgan fingerprint density at radius 1 is 1.44 bits per heavy atom. The Labute approximate surface area is 143 Å². The predicted octanol–water partition coefficient (Wildman–Crippen LogP) is 0.679. The fourth-order valence-corrected chi connectivity index (χ4v) is 2.96. The number of amides is 1. The molecule has 0 saturated carbocycles. The molecule has 130 valence electrons. The second kappa shape index (κ2) is 7.12. The third-order valence-electron chi connectivity index (χ3n) is 4.21. The molecule has 25 heavy (non-hydrogen) atoms. The summed E-state index contributed by atoms with van der Waals surface area (Å²) in [7, 11) is 1.84. The van der Waals surface area contributed by atoms with E-state index in [9.17, 15) is 4.79 Å². The lowest BCUT2D eigenvalue weighted by molar-refractivity contribution is -0.122. The van der Waals surface area contributed by atoms with Gasteiger partial charge in [0.1, 0.15) is 5.52 Å². The molecule has 1 aliphatic carbocycles. The monoisotopic (exact) mass is 342 g/mol. The number of aryl methyl sites for hydroxylation is 2. The molecule has 9 heteroatoms. The van der Waals surface area contributed by atoms with Gasteiger partial charge in [0.15, 0.2) is 0 Å². The minimum absolute atomic E-state index is 0.0902. The third kappa shape index (κ3) is 3.49. The summed E-state index contributed by atoms with van der Waals surface area (Å²) >= 11 is 0. The van der Waals surface area contributed by atoms with Gasteiger partial charge in [-0.15, -0.1) is 0 Å². The van der Waals surface area contributed by atoms with E-state index < -0.39 is 0 Å². The van der Waals surface area contributed by atoms with Crippen LogP contribution in [0.3, 0.4) is 0 Å². The SMILES string of the molecule is Cn1ncc2ncc(C(=O)NC3CCc4[nH]ncc4C3)cc21.O=CO. The van der Waals surface area contributed by atoms with Crippen molar-refractivity contribution in [3.63, 3.8) is 0 Å². The van der Waals surface area contributed by atoms with Gasteiger partial charge in [0.2, 0.25) is 0 Å². The van der Waals surface area contributed by atoms with Crippen molar-refractivity contribution in [3.05, 3.63) is 41.5 Å². The first-order chi connectivity index (χ1) is 12.1. The van der Waals surface area contributed by atoms with Gasteiger partial charge in [-0.3, -0.25) is 24.4 Å². The van der Waals surface area contributed by atoms with Crippen LogP contribution < -0.4 is 5.32 Å². The summed E-state index contributed by atoms with van der Waals surface area (Å²) in [5.41, 5.74) is 4.59. The average molecular weight is 342 g/mol. The zero-order valence-corrected chi connectivity index (χ0v) is 13.6. The molecule has 3 aromatic heterocycles. The maximum Gasteiger partial charge on any atom is 0.290 e. The van der Waals surface area contributed by atoms with Crippen LogP contribution in [0.25, 0.3) is 11.0 Å². The maximum absolute atomic E-state index is 12.4. The summed E-state index contributed by atoms with van der Waals surface area (Å²) in [6, 6.07) is 1.97. The number of rotatable bonds is 2. The normalized spacial score (nSPS) is 15.8. The van der Waals surface area contributed by atoms with Gasteiger partial charge in [0.25, 0.3) is 12.4 Å². The van der Waals surface area contributed by atoms with Crippen molar-refractivity contribution >= 4 is 23.4 Å². The first-order valence-corrected chi connectivity index (χ1v) is 7.80. The number of carbonyl (C=O) groups excluding carboxylic acids is 1. The number of nitrogens with one attached hydrogen (secondary N) is 2. The number of aromatic amines is 1. The fourth-order valence-electron chi connectivity index (χ4n) is 2.96.